The van der Waals surface area contributed by atoms with Gasteiger partial charge >= 0.3 is 0 Å². The van der Waals surface area contributed by atoms with Crippen molar-refractivity contribution in [1.29, 1.82) is 0 Å². The molecule has 1 unspecified atom stereocenters. The van der Waals surface area contributed by atoms with Crippen molar-refractivity contribution in [3.8, 4) is 11.5 Å². The van der Waals surface area contributed by atoms with Crippen LogP contribution in [0.1, 0.15) is 44.9 Å². The molecule has 3 amide bonds. The molecule has 2 aliphatic heterocycles. The molecule has 1 atom stereocenters. The lowest BCUT2D eigenvalue weighted by Crippen LogP contribution is -2.50. The molecule has 2 N–H and O–H groups in total. The van der Waals surface area contributed by atoms with Crippen LogP contribution in [0.4, 0.5) is 11.4 Å². The van der Waals surface area contributed by atoms with Crippen LogP contribution >= 0.6 is 0 Å². The van der Waals surface area contributed by atoms with E-state index in [4.69, 9.17) is 9.47 Å². The number of rotatable bonds is 10. The monoisotopic (exact) mass is 572 g/mol. The van der Waals surface area contributed by atoms with Crippen molar-refractivity contribution in [1.82, 2.24) is 10.2 Å². The quantitative estimate of drug-likeness (QED) is 0.357. The highest BCUT2D eigenvalue weighted by atomic mass is 16.5. The molecule has 0 aromatic heterocycles. The number of amides is 3. The molecule has 2 heterocycles. The van der Waals surface area contributed by atoms with Crippen LogP contribution in [-0.4, -0.2) is 86.3 Å². The third-order valence-corrected chi connectivity index (χ3v) is 7.37. The number of hydrogen-bond acceptors (Lipinski definition) is 8. The van der Waals surface area contributed by atoms with E-state index in [2.05, 4.69) is 21.2 Å². The number of fused-ring (bicyclic) bond motifs is 1. The highest BCUT2D eigenvalue weighted by molar-refractivity contribution is 6.34. The van der Waals surface area contributed by atoms with E-state index in [1.807, 2.05) is 32.0 Å². The summed E-state index contributed by atoms with van der Waals surface area (Å²) in [5.74, 6) is 0.00102. The zero-order valence-corrected chi connectivity index (χ0v) is 24.1. The van der Waals surface area contributed by atoms with Gasteiger partial charge in [0.15, 0.2) is 0 Å². The molecule has 0 spiro atoms. The predicted molar refractivity (Wildman–Crippen MR) is 160 cm³/mol. The number of nitrogens with one attached hydrogen (secondary N) is 1. The van der Waals surface area contributed by atoms with Gasteiger partial charge in [0.05, 0.1) is 41.8 Å². The molecule has 0 saturated carbocycles. The van der Waals surface area contributed by atoms with Crippen molar-refractivity contribution < 1.29 is 29.0 Å². The summed E-state index contributed by atoms with van der Waals surface area (Å²) in [6.07, 6.45) is -0.676. The number of carbonyl (C=O) groups excluding carboxylic acids is 3. The van der Waals surface area contributed by atoms with Gasteiger partial charge in [0.2, 0.25) is 0 Å². The summed E-state index contributed by atoms with van der Waals surface area (Å²) in [4.78, 5) is 44.5. The summed E-state index contributed by atoms with van der Waals surface area (Å²) < 4.78 is 11.2. The van der Waals surface area contributed by atoms with E-state index in [1.165, 1.54) is 25.3 Å². The van der Waals surface area contributed by atoms with Crippen molar-refractivity contribution in [3.63, 3.8) is 0 Å². The summed E-state index contributed by atoms with van der Waals surface area (Å²) in [6, 6.07) is 19.1. The van der Waals surface area contributed by atoms with E-state index in [0.29, 0.717) is 18.0 Å². The molecular weight excluding hydrogens is 536 g/mol. The second kappa shape index (κ2) is 12.6. The first-order valence-electron chi connectivity index (χ1n) is 14.1. The number of β-amino-alcohol motifs (C(OH)–C–C–N with tert-alkyl or cyclic N) is 1. The Morgan fingerprint density at radius 3 is 2.40 bits per heavy atom. The number of aliphatic hydroxyl groups excluding tert-OH is 1. The number of imide groups is 1. The van der Waals surface area contributed by atoms with Crippen LogP contribution in [0, 0.1) is 0 Å². The minimum absolute atomic E-state index is 0.0595. The maximum Gasteiger partial charge on any atom is 0.266 e. The number of aliphatic hydroxyl groups is 1. The number of ether oxygens (including phenoxy) is 2. The number of carbonyl (C=O) groups is 3. The molecule has 0 bridgehead atoms. The number of hydrogen-bond donors (Lipinski definition) is 2. The first-order valence-corrected chi connectivity index (χ1v) is 14.1. The first kappa shape index (κ1) is 29.1. The molecule has 1 saturated heterocycles. The highest BCUT2D eigenvalue weighted by Crippen LogP contribution is 2.31. The Morgan fingerprint density at radius 2 is 1.67 bits per heavy atom. The lowest BCUT2D eigenvalue weighted by atomic mass is 10.1. The molecule has 220 valence electrons. The van der Waals surface area contributed by atoms with Crippen LogP contribution in [0.5, 0.6) is 11.5 Å². The van der Waals surface area contributed by atoms with Crippen LogP contribution in [0.2, 0.25) is 0 Å². The normalized spacial score (nSPS) is 16.0. The van der Waals surface area contributed by atoms with Gasteiger partial charge in [-0.2, -0.15) is 0 Å². The molecular formula is C32H36N4O6. The number of methoxy groups -OCH3 is 1. The Balaban J connectivity index is 1.14. The number of nitrogens with zero attached hydrogens (tertiary/aromatic N) is 3. The predicted octanol–water partition coefficient (Wildman–Crippen LogP) is 3.20. The molecule has 0 aliphatic carbocycles. The number of anilines is 2. The second-order valence-corrected chi connectivity index (χ2v) is 10.7. The number of piperazine rings is 1. The van der Waals surface area contributed by atoms with Crippen LogP contribution in [0.25, 0.3) is 0 Å². The number of para-hydroxylation sites is 2. The van der Waals surface area contributed by atoms with Crippen molar-refractivity contribution in [2.75, 3.05) is 56.2 Å². The maximum absolute atomic E-state index is 13.1. The first-order chi connectivity index (χ1) is 20.2. The smallest absolute Gasteiger partial charge is 0.266 e. The van der Waals surface area contributed by atoms with E-state index in [9.17, 15) is 19.5 Å². The second-order valence-electron chi connectivity index (χ2n) is 10.7. The van der Waals surface area contributed by atoms with Gasteiger partial charge in [0.1, 0.15) is 11.5 Å². The number of benzene rings is 3. The van der Waals surface area contributed by atoms with Crippen molar-refractivity contribution in [2.45, 2.75) is 26.1 Å². The Hall–Kier alpha value is -4.41. The topological polar surface area (TPSA) is 112 Å². The zero-order chi connectivity index (χ0) is 29.8. The van der Waals surface area contributed by atoms with Gasteiger partial charge in [0, 0.05) is 50.9 Å². The van der Waals surface area contributed by atoms with Gasteiger partial charge in [-0.1, -0.05) is 18.2 Å². The molecule has 10 heteroatoms. The average molecular weight is 573 g/mol. The molecule has 1 fully saturated rings. The molecule has 0 radical (unpaired) electrons. The largest absolute Gasteiger partial charge is 0.497 e. The fourth-order valence-electron chi connectivity index (χ4n) is 5.28. The Labute approximate surface area is 245 Å². The van der Waals surface area contributed by atoms with Gasteiger partial charge in [-0.15, -0.1) is 0 Å². The van der Waals surface area contributed by atoms with E-state index in [1.54, 1.807) is 24.3 Å². The SMILES string of the molecule is COc1cccc(N2C(=O)c3ccc(C(=O)NCC(O)CN4CCN(c5ccccc5OC(C)C)CC4)cc3C2=O)c1. The van der Waals surface area contributed by atoms with Gasteiger partial charge in [0.25, 0.3) is 17.7 Å². The van der Waals surface area contributed by atoms with E-state index >= 15 is 0 Å². The molecule has 2 aliphatic rings. The van der Waals surface area contributed by atoms with Crippen molar-refractivity contribution in [2.24, 2.45) is 0 Å². The summed E-state index contributed by atoms with van der Waals surface area (Å²) in [5, 5.41) is 13.4. The lowest BCUT2D eigenvalue weighted by Gasteiger charge is -2.37. The molecule has 10 nitrogen and oxygen atoms in total. The standard InChI is InChI=1S/C32H36N4O6/c1-21(2)42-29-10-5-4-9-28(29)35-15-13-34(14-16-35)20-24(37)19-33-30(38)22-11-12-26-27(17-22)32(40)36(31(26)39)23-7-6-8-25(18-23)41-3/h4-12,17-18,21,24,37H,13-16,19-20H2,1-3H3,(H,33,38). The summed E-state index contributed by atoms with van der Waals surface area (Å²) in [5.41, 5.74) is 2.10. The van der Waals surface area contributed by atoms with E-state index in [0.717, 1.165) is 42.5 Å². The molecule has 5 rings (SSSR count). The van der Waals surface area contributed by atoms with Gasteiger partial charge < -0.3 is 24.8 Å². The van der Waals surface area contributed by atoms with Gasteiger partial charge in [-0.05, 0) is 56.3 Å². The Kier molecular flexibility index (Phi) is 8.75. The van der Waals surface area contributed by atoms with Gasteiger partial charge in [-0.3, -0.25) is 19.3 Å². The summed E-state index contributed by atoms with van der Waals surface area (Å²) in [7, 11) is 1.51. The molecule has 42 heavy (non-hydrogen) atoms. The minimum atomic E-state index is -0.766. The summed E-state index contributed by atoms with van der Waals surface area (Å²) >= 11 is 0. The van der Waals surface area contributed by atoms with Crippen LogP contribution in [0.3, 0.4) is 0 Å². The highest BCUT2D eigenvalue weighted by Gasteiger charge is 2.37. The third kappa shape index (κ3) is 6.24. The Bertz CT molecular complexity index is 1470. The van der Waals surface area contributed by atoms with Crippen molar-refractivity contribution in [3.05, 3.63) is 83.4 Å². The lowest BCUT2D eigenvalue weighted by molar-refractivity contribution is 0.0851. The fourth-order valence-corrected chi connectivity index (χ4v) is 5.28. The van der Waals surface area contributed by atoms with E-state index in [-0.39, 0.29) is 29.3 Å². The van der Waals surface area contributed by atoms with Crippen LogP contribution < -0.4 is 24.6 Å². The third-order valence-electron chi connectivity index (χ3n) is 7.37. The summed E-state index contributed by atoms with van der Waals surface area (Å²) in [6.45, 7) is 7.64. The van der Waals surface area contributed by atoms with Crippen LogP contribution in [0.15, 0.2) is 66.7 Å². The fraction of sp³-hybridized carbons (Fsp3) is 0.344. The van der Waals surface area contributed by atoms with Gasteiger partial charge in [-0.25, -0.2) is 4.90 Å². The minimum Gasteiger partial charge on any atom is -0.497 e. The zero-order valence-electron chi connectivity index (χ0n) is 24.1. The van der Waals surface area contributed by atoms with E-state index < -0.39 is 23.8 Å². The van der Waals surface area contributed by atoms with Crippen molar-refractivity contribution >= 4 is 29.1 Å². The maximum atomic E-state index is 13.1. The van der Waals surface area contributed by atoms with Crippen LogP contribution in [-0.2, 0) is 0 Å². The Morgan fingerprint density at radius 1 is 0.929 bits per heavy atom. The molecule has 3 aromatic carbocycles. The molecule has 3 aromatic rings. The average Bonchev–Trinajstić information content (AvgIpc) is 3.25.